The molecule has 1 aliphatic heterocycles. The van der Waals surface area contributed by atoms with Gasteiger partial charge >= 0.3 is 0 Å². The van der Waals surface area contributed by atoms with Crippen molar-refractivity contribution in [3.8, 4) is 0 Å². The number of halogens is 1. The predicted octanol–water partition coefficient (Wildman–Crippen LogP) is 2.49. The van der Waals surface area contributed by atoms with Gasteiger partial charge in [-0.25, -0.2) is 4.39 Å². The van der Waals surface area contributed by atoms with Gasteiger partial charge in [0, 0.05) is 10.6 Å². The fourth-order valence-electron chi connectivity index (χ4n) is 2.33. The van der Waals surface area contributed by atoms with Crippen LogP contribution in [0, 0.1) is 0 Å². The summed E-state index contributed by atoms with van der Waals surface area (Å²) in [7, 11) is 0. The number of benzene rings is 1. The first-order valence-corrected chi connectivity index (χ1v) is 7.36. The average molecular weight is 269 g/mol. The molecule has 0 radical (unpaired) electrons. The molecule has 0 amide bonds. The zero-order valence-corrected chi connectivity index (χ0v) is 11.7. The molecule has 1 aromatic carbocycles. The molecule has 18 heavy (non-hydrogen) atoms. The Balaban J connectivity index is 2.28. The smallest absolute Gasteiger partial charge is 0.108 e. The second-order valence-electron chi connectivity index (χ2n) is 4.83. The maximum Gasteiger partial charge on any atom is 0.108 e. The maximum absolute atomic E-state index is 13.1. The minimum atomic E-state index is -1.18. The Morgan fingerprint density at radius 1 is 1.56 bits per heavy atom. The molecule has 0 aromatic heterocycles. The third-order valence-corrected chi connectivity index (χ3v) is 4.66. The normalized spacial score (nSPS) is 19.3. The van der Waals surface area contributed by atoms with E-state index in [4.69, 9.17) is 0 Å². The number of nitrogens with one attached hydrogen (secondary N) is 1. The first kappa shape index (κ1) is 13.8. The number of hydrogen-bond acceptors (Lipinski definition) is 3. The van der Waals surface area contributed by atoms with Crippen molar-refractivity contribution >= 4 is 11.8 Å². The molecule has 0 spiro atoms. The van der Waals surface area contributed by atoms with Gasteiger partial charge in [0.05, 0.1) is 6.04 Å². The molecule has 1 heterocycles. The topological polar surface area (TPSA) is 32.3 Å². The lowest BCUT2D eigenvalue weighted by molar-refractivity contribution is 0.00680. The molecule has 2 rings (SSSR count). The lowest BCUT2D eigenvalue weighted by Crippen LogP contribution is -2.48. The van der Waals surface area contributed by atoms with Gasteiger partial charge in [-0.05, 0) is 37.1 Å². The van der Waals surface area contributed by atoms with Crippen LogP contribution in [0.4, 0.5) is 4.39 Å². The Kier molecular flexibility index (Phi) is 4.30. The van der Waals surface area contributed by atoms with E-state index in [1.807, 2.05) is 19.1 Å². The highest BCUT2D eigenvalue weighted by atomic mass is 32.2. The summed E-state index contributed by atoms with van der Waals surface area (Å²) in [5.41, 5.74) is 0.946. The monoisotopic (exact) mass is 269 g/mol. The highest BCUT2D eigenvalue weighted by Gasteiger charge is 2.34. The van der Waals surface area contributed by atoms with Crippen molar-refractivity contribution in [1.29, 1.82) is 0 Å². The molecule has 0 saturated heterocycles. The van der Waals surface area contributed by atoms with Crippen molar-refractivity contribution in [2.45, 2.75) is 36.8 Å². The molecular formula is C14H20FNOS. The molecule has 2 N–H and O–H groups in total. The van der Waals surface area contributed by atoms with Crippen LogP contribution in [0.1, 0.15) is 25.0 Å². The zero-order valence-electron chi connectivity index (χ0n) is 10.9. The second-order valence-corrected chi connectivity index (χ2v) is 5.97. The predicted molar refractivity (Wildman–Crippen MR) is 73.9 cm³/mol. The van der Waals surface area contributed by atoms with Gasteiger partial charge < -0.3 is 10.4 Å². The SMILES string of the molecule is CCNC(CF)C(C)(O)c1ccc2c(c1)SCC2. The van der Waals surface area contributed by atoms with Crippen molar-refractivity contribution in [3.63, 3.8) is 0 Å². The Morgan fingerprint density at radius 3 is 3.00 bits per heavy atom. The summed E-state index contributed by atoms with van der Waals surface area (Å²) in [5.74, 6) is 1.10. The van der Waals surface area contributed by atoms with Crippen LogP contribution in [0.15, 0.2) is 23.1 Å². The molecule has 0 fully saturated rings. The van der Waals surface area contributed by atoms with E-state index in [2.05, 4.69) is 11.4 Å². The summed E-state index contributed by atoms with van der Waals surface area (Å²) in [6.07, 6.45) is 1.09. The van der Waals surface area contributed by atoms with Crippen LogP contribution in [-0.4, -0.2) is 30.1 Å². The van der Waals surface area contributed by atoms with Crippen LogP contribution in [0.3, 0.4) is 0 Å². The summed E-state index contributed by atoms with van der Waals surface area (Å²) in [6, 6.07) is 5.42. The highest BCUT2D eigenvalue weighted by Crippen LogP contribution is 2.35. The highest BCUT2D eigenvalue weighted by molar-refractivity contribution is 7.99. The Labute approximate surface area is 112 Å². The van der Waals surface area contributed by atoms with E-state index < -0.39 is 18.3 Å². The van der Waals surface area contributed by atoms with Crippen molar-refractivity contribution < 1.29 is 9.50 Å². The second kappa shape index (κ2) is 5.59. The lowest BCUT2D eigenvalue weighted by atomic mass is 9.88. The van der Waals surface area contributed by atoms with Gasteiger partial charge in [-0.1, -0.05) is 19.1 Å². The summed E-state index contributed by atoms with van der Waals surface area (Å²) < 4.78 is 13.1. The van der Waals surface area contributed by atoms with Crippen LogP contribution in [0.5, 0.6) is 0 Å². The molecular weight excluding hydrogens is 249 g/mol. The van der Waals surface area contributed by atoms with E-state index in [9.17, 15) is 9.50 Å². The fourth-order valence-corrected chi connectivity index (χ4v) is 3.44. The molecule has 2 atom stereocenters. The van der Waals surface area contributed by atoms with Crippen LogP contribution in [0.25, 0.3) is 0 Å². The number of alkyl halides is 1. The van der Waals surface area contributed by atoms with E-state index in [1.165, 1.54) is 10.5 Å². The molecule has 0 bridgehead atoms. The number of thioether (sulfide) groups is 1. The van der Waals surface area contributed by atoms with E-state index in [1.54, 1.807) is 18.7 Å². The first-order chi connectivity index (χ1) is 8.59. The van der Waals surface area contributed by atoms with Gasteiger partial charge in [0.25, 0.3) is 0 Å². The lowest BCUT2D eigenvalue weighted by Gasteiger charge is -2.32. The fraction of sp³-hybridized carbons (Fsp3) is 0.571. The molecule has 0 aliphatic carbocycles. The number of aliphatic hydroxyl groups is 1. The van der Waals surface area contributed by atoms with Crippen LogP contribution < -0.4 is 5.32 Å². The van der Waals surface area contributed by atoms with E-state index in [0.29, 0.717) is 6.54 Å². The molecule has 100 valence electrons. The number of hydrogen-bond donors (Lipinski definition) is 2. The van der Waals surface area contributed by atoms with Gasteiger partial charge in [0.2, 0.25) is 0 Å². The van der Waals surface area contributed by atoms with E-state index in [-0.39, 0.29) is 0 Å². The van der Waals surface area contributed by atoms with Gasteiger partial charge in [0.1, 0.15) is 12.3 Å². The van der Waals surface area contributed by atoms with Crippen LogP contribution in [-0.2, 0) is 12.0 Å². The molecule has 1 aromatic rings. The minimum Gasteiger partial charge on any atom is -0.384 e. The average Bonchev–Trinajstić information content (AvgIpc) is 2.82. The maximum atomic E-state index is 13.1. The van der Waals surface area contributed by atoms with E-state index >= 15 is 0 Å². The minimum absolute atomic E-state index is 0.563. The summed E-state index contributed by atoms with van der Waals surface area (Å²) in [5, 5.41) is 13.6. The van der Waals surface area contributed by atoms with Crippen molar-refractivity contribution in [1.82, 2.24) is 5.32 Å². The first-order valence-electron chi connectivity index (χ1n) is 6.37. The molecule has 0 saturated carbocycles. The third kappa shape index (κ3) is 2.56. The molecule has 2 unspecified atom stereocenters. The third-order valence-electron chi connectivity index (χ3n) is 3.56. The van der Waals surface area contributed by atoms with Crippen molar-refractivity contribution in [2.75, 3.05) is 19.0 Å². The van der Waals surface area contributed by atoms with E-state index in [0.717, 1.165) is 17.7 Å². The number of fused-ring (bicyclic) bond motifs is 1. The zero-order chi connectivity index (χ0) is 13.2. The molecule has 1 aliphatic rings. The molecule has 2 nitrogen and oxygen atoms in total. The summed E-state index contributed by atoms with van der Waals surface area (Å²) >= 11 is 1.81. The number of aryl methyl sites for hydroxylation is 1. The summed E-state index contributed by atoms with van der Waals surface area (Å²) in [6.45, 7) is 3.66. The largest absolute Gasteiger partial charge is 0.384 e. The molecule has 4 heteroatoms. The Bertz CT molecular complexity index is 422. The van der Waals surface area contributed by atoms with Gasteiger partial charge in [-0.3, -0.25) is 0 Å². The number of rotatable bonds is 5. The van der Waals surface area contributed by atoms with Gasteiger partial charge in [-0.15, -0.1) is 11.8 Å². The van der Waals surface area contributed by atoms with Gasteiger partial charge in [0.15, 0.2) is 0 Å². The van der Waals surface area contributed by atoms with Crippen LogP contribution in [0.2, 0.25) is 0 Å². The van der Waals surface area contributed by atoms with Crippen molar-refractivity contribution in [2.24, 2.45) is 0 Å². The number of likely N-dealkylation sites (N-methyl/N-ethyl adjacent to an activating group) is 1. The quantitative estimate of drug-likeness (QED) is 0.861. The van der Waals surface area contributed by atoms with Crippen LogP contribution >= 0.6 is 11.8 Å². The van der Waals surface area contributed by atoms with Crippen molar-refractivity contribution in [3.05, 3.63) is 29.3 Å². The Morgan fingerprint density at radius 2 is 2.33 bits per heavy atom. The standard InChI is InChI=1S/C14H20FNOS/c1-3-16-13(9-15)14(2,17)11-5-4-10-6-7-18-12(10)8-11/h4-5,8,13,16-17H,3,6-7,9H2,1-2H3. The Hall–Kier alpha value is -0.580. The van der Waals surface area contributed by atoms with Gasteiger partial charge in [-0.2, -0.15) is 0 Å². The summed E-state index contributed by atoms with van der Waals surface area (Å²) in [4.78, 5) is 1.22.